The van der Waals surface area contributed by atoms with E-state index in [4.69, 9.17) is 0 Å². The van der Waals surface area contributed by atoms with E-state index in [0.29, 0.717) is 0 Å². The van der Waals surface area contributed by atoms with E-state index < -0.39 is 0 Å². The summed E-state index contributed by atoms with van der Waals surface area (Å²) in [5, 5.41) is 0. The predicted octanol–water partition coefficient (Wildman–Crippen LogP) is 4.75. The van der Waals surface area contributed by atoms with Crippen molar-refractivity contribution in [1.82, 2.24) is 0 Å². The summed E-state index contributed by atoms with van der Waals surface area (Å²) >= 11 is 0. The number of allylic oxidation sites excluding steroid dienone is 4. The molecule has 0 aromatic rings. The third-order valence-corrected chi connectivity index (χ3v) is 1.74. The van der Waals surface area contributed by atoms with E-state index in [-0.39, 0.29) is 5.41 Å². The minimum absolute atomic E-state index is 0.181. The van der Waals surface area contributed by atoms with Crippen LogP contribution >= 0.6 is 0 Å². The van der Waals surface area contributed by atoms with Gasteiger partial charge in [0.25, 0.3) is 0 Å². The van der Waals surface area contributed by atoms with Gasteiger partial charge in [-0.1, -0.05) is 59.9 Å². The van der Waals surface area contributed by atoms with E-state index in [1.165, 1.54) is 11.1 Å². The molecular formula is C13H24. The molecule has 0 aromatic carbocycles. The van der Waals surface area contributed by atoms with Gasteiger partial charge >= 0.3 is 0 Å². The van der Waals surface area contributed by atoms with E-state index in [1.54, 1.807) is 0 Å². The van der Waals surface area contributed by atoms with Gasteiger partial charge in [0, 0.05) is 0 Å². The highest BCUT2D eigenvalue weighted by atomic mass is 14.2. The quantitative estimate of drug-likeness (QED) is 0.538. The second-order valence-electron chi connectivity index (χ2n) is 3.75. The zero-order valence-electron chi connectivity index (χ0n) is 10.1. The first kappa shape index (κ1) is 14.7. The smallest absolute Gasteiger partial charge is 0.0129 e. The summed E-state index contributed by atoms with van der Waals surface area (Å²) in [6.45, 7) is 20.1. The lowest BCUT2D eigenvalue weighted by Gasteiger charge is -2.21. The molecule has 13 heavy (non-hydrogen) atoms. The Labute approximate surface area is 84.1 Å². The molecular weight excluding hydrogens is 156 g/mol. The van der Waals surface area contributed by atoms with E-state index >= 15 is 0 Å². The first-order chi connectivity index (χ1) is 5.93. The zero-order valence-corrected chi connectivity index (χ0v) is 10.1. The van der Waals surface area contributed by atoms with Crippen LogP contribution in [0, 0.1) is 5.41 Å². The van der Waals surface area contributed by atoms with Crippen LogP contribution in [0.1, 0.15) is 41.5 Å². The normalized spacial score (nSPS) is 12.2. The Hall–Kier alpha value is -0.780. The largest absolute Gasteiger partial charge is 0.0988 e. The number of rotatable bonds is 2. The molecule has 0 atom stereocenters. The maximum atomic E-state index is 3.79. The monoisotopic (exact) mass is 180 g/mol. The van der Waals surface area contributed by atoms with Crippen molar-refractivity contribution in [3.63, 3.8) is 0 Å². The van der Waals surface area contributed by atoms with E-state index in [1.807, 2.05) is 26.0 Å². The third kappa shape index (κ3) is 5.46. The fourth-order valence-electron chi connectivity index (χ4n) is 1.17. The second-order valence-corrected chi connectivity index (χ2v) is 3.75. The maximum absolute atomic E-state index is 3.79. The molecule has 0 saturated heterocycles. The Morgan fingerprint density at radius 3 is 1.46 bits per heavy atom. The summed E-state index contributed by atoms with van der Waals surface area (Å²) in [7, 11) is 0. The Bertz CT molecular complexity index is 187. The Morgan fingerprint density at radius 2 is 1.38 bits per heavy atom. The predicted molar refractivity (Wildman–Crippen MR) is 63.9 cm³/mol. The van der Waals surface area contributed by atoms with Gasteiger partial charge in [-0.05, 0) is 23.5 Å². The molecule has 0 heterocycles. The molecule has 0 amide bonds. The zero-order chi connectivity index (χ0) is 11.1. The van der Waals surface area contributed by atoms with Crippen molar-refractivity contribution in [2.75, 3.05) is 0 Å². The van der Waals surface area contributed by atoms with Gasteiger partial charge in [0.1, 0.15) is 0 Å². The van der Waals surface area contributed by atoms with Crippen LogP contribution in [0.4, 0.5) is 0 Å². The summed E-state index contributed by atoms with van der Waals surface area (Å²) in [4.78, 5) is 0. The van der Waals surface area contributed by atoms with Crippen LogP contribution < -0.4 is 0 Å². The topological polar surface area (TPSA) is 0 Å². The lowest BCUT2D eigenvalue weighted by atomic mass is 9.83. The maximum Gasteiger partial charge on any atom is -0.0129 e. The van der Waals surface area contributed by atoms with Gasteiger partial charge in [0.15, 0.2) is 0 Å². The molecule has 0 radical (unpaired) electrons. The van der Waals surface area contributed by atoms with Crippen molar-refractivity contribution in [3.8, 4) is 0 Å². The van der Waals surface area contributed by atoms with Crippen molar-refractivity contribution in [1.29, 1.82) is 0 Å². The highest BCUT2D eigenvalue weighted by molar-refractivity contribution is 5.33. The molecule has 76 valence electrons. The molecule has 0 aliphatic rings. The van der Waals surface area contributed by atoms with Crippen LogP contribution in [-0.4, -0.2) is 0 Å². The third-order valence-electron chi connectivity index (χ3n) is 1.74. The molecule has 0 unspecified atom stereocenters. The van der Waals surface area contributed by atoms with Gasteiger partial charge in [-0.3, -0.25) is 0 Å². The lowest BCUT2D eigenvalue weighted by molar-refractivity contribution is 0.513. The Balaban J connectivity index is 0. The van der Waals surface area contributed by atoms with Crippen LogP contribution in [0.15, 0.2) is 36.5 Å². The van der Waals surface area contributed by atoms with Gasteiger partial charge in [-0.25, -0.2) is 0 Å². The summed E-state index contributed by atoms with van der Waals surface area (Å²) < 4.78 is 0. The van der Waals surface area contributed by atoms with Crippen molar-refractivity contribution in [3.05, 3.63) is 36.5 Å². The lowest BCUT2D eigenvalue weighted by Crippen LogP contribution is -2.08. The number of hydrogen-bond donors (Lipinski definition) is 0. The van der Waals surface area contributed by atoms with Crippen LogP contribution in [0.2, 0.25) is 0 Å². The standard InChI is InChI=1S/C11H18.C2H6/c1-7-9(3)10(8-2)11(4,5)6;1-2/h7-8H,1-2H2,3-6H3;1-2H3/b10-9+;. The fourth-order valence-corrected chi connectivity index (χ4v) is 1.17. The van der Waals surface area contributed by atoms with Gasteiger partial charge in [0.2, 0.25) is 0 Å². The fraction of sp³-hybridized carbons (Fsp3) is 0.538. The molecule has 0 rings (SSSR count). The van der Waals surface area contributed by atoms with Gasteiger partial charge in [0.05, 0.1) is 0 Å². The minimum atomic E-state index is 0.181. The average Bonchev–Trinajstić information content (AvgIpc) is 2.06. The molecule has 0 bridgehead atoms. The first-order valence-corrected chi connectivity index (χ1v) is 4.89. The molecule has 0 saturated carbocycles. The van der Waals surface area contributed by atoms with E-state index in [9.17, 15) is 0 Å². The van der Waals surface area contributed by atoms with Crippen LogP contribution in [-0.2, 0) is 0 Å². The average molecular weight is 180 g/mol. The molecule has 0 aromatic heterocycles. The van der Waals surface area contributed by atoms with E-state index in [0.717, 1.165) is 0 Å². The molecule has 0 heteroatoms. The molecule has 0 aliphatic heterocycles. The van der Waals surface area contributed by atoms with Crippen molar-refractivity contribution in [2.24, 2.45) is 5.41 Å². The first-order valence-electron chi connectivity index (χ1n) is 4.89. The molecule has 0 fully saturated rings. The van der Waals surface area contributed by atoms with Gasteiger partial charge in [-0.2, -0.15) is 0 Å². The molecule has 0 N–H and O–H groups in total. The Morgan fingerprint density at radius 1 is 1.00 bits per heavy atom. The second kappa shape index (κ2) is 6.71. The molecule has 0 nitrogen and oxygen atoms in total. The molecule has 0 spiro atoms. The van der Waals surface area contributed by atoms with Gasteiger partial charge < -0.3 is 0 Å². The summed E-state index contributed by atoms with van der Waals surface area (Å²) in [5.41, 5.74) is 2.67. The van der Waals surface area contributed by atoms with Crippen LogP contribution in [0.25, 0.3) is 0 Å². The minimum Gasteiger partial charge on any atom is -0.0988 e. The highest BCUT2D eigenvalue weighted by Gasteiger charge is 2.15. The van der Waals surface area contributed by atoms with Gasteiger partial charge in [-0.15, -0.1) is 0 Å². The van der Waals surface area contributed by atoms with Crippen LogP contribution in [0.3, 0.4) is 0 Å². The summed E-state index contributed by atoms with van der Waals surface area (Å²) in [5.74, 6) is 0. The number of hydrogen-bond acceptors (Lipinski definition) is 0. The van der Waals surface area contributed by atoms with E-state index in [2.05, 4.69) is 40.9 Å². The van der Waals surface area contributed by atoms with Crippen molar-refractivity contribution < 1.29 is 0 Å². The SMILES string of the molecule is C=C/C(C)=C(\C=C)C(C)(C)C.CC. The summed E-state index contributed by atoms with van der Waals surface area (Å²) in [6, 6.07) is 0. The van der Waals surface area contributed by atoms with Crippen molar-refractivity contribution in [2.45, 2.75) is 41.5 Å². The Kier molecular flexibility index (Phi) is 7.60. The highest BCUT2D eigenvalue weighted by Crippen LogP contribution is 2.28. The summed E-state index contributed by atoms with van der Waals surface area (Å²) in [6.07, 6.45) is 3.79. The van der Waals surface area contributed by atoms with Crippen LogP contribution in [0.5, 0.6) is 0 Å². The molecule has 0 aliphatic carbocycles. The van der Waals surface area contributed by atoms with Crippen molar-refractivity contribution >= 4 is 0 Å².